The number of anilines is 1. The maximum atomic E-state index is 13.1. The summed E-state index contributed by atoms with van der Waals surface area (Å²) in [6.07, 6.45) is 1.62. The van der Waals surface area contributed by atoms with Crippen molar-refractivity contribution in [2.75, 3.05) is 5.32 Å². The Balaban J connectivity index is 2.01. The summed E-state index contributed by atoms with van der Waals surface area (Å²) in [5.74, 6) is -0.735. The van der Waals surface area contributed by atoms with Crippen molar-refractivity contribution in [1.82, 2.24) is 14.8 Å². The second-order valence-electron chi connectivity index (χ2n) is 4.28. The van der Waals surface area contributed by atoms with Crippen LogP contribution in [0, 0.1) is 5.82 Å². The topological polar surface area (TPSA) is 59.8 Å². The zero-order valence-electron chi connectivity index (χ0n) is 11.5. The van der Waals surface area contributed by atoms with Crippen LogP contribution in [-0.4, -0.2) is 25.9 Å². The van der Waals surface area contributed by atoms with Crippen LogP contribution >= 0.6 is 23.4 Å². The quantitative estimate of drug-likeness (QED) is 0.856. The third kappa shape index (κ3) is 3.95. The van der Waals surface area contributed by atoms with Crippen molar-refractivity contribution in [3.05, 3.63) is 35.4 Å². The Hall–Kier alpha value is -1.60. The molecule has 0 aliphatic heterocycles. The number of hydrogen-bond donors (Lipinski definition) is 1. The summed E-state index contributed by atoms with van der Waals surface area (Å²) >= 11 is 6.98. The van der Waals surface area contributed by atoms with Gasteiger partial charge in [-0.3, -0.25) is 4.79 Å². The highest BCUT2D eigenvalue weighted by molar-refractivity contribution is 8.00. The van der Waals surface area contributed by atoms with Gasteiger partial charge in [-0.25, -0.2) is 4.39 Å². The summed E-state index contributed by atoms with van der Waals surface area (Å²) in [7, 11) is 0. The summed E-state index contributed by atoms with van der Waals surface area (Å²) in [5, 5.41) is 10.7. The standard InChI is InChI=1S/C13H14ClFN4OS/c1-3-19-7-16-18-13(19)21-8(2)12(20)17-9-4-5-11(15)10(14)6-9/h4-8H,3H2,1-2H3,(H,17,20)/t8-/m1/s1. The highest BCUT2D eigenvalue weighted by atomic mass is 35.5. The van der Waals surface area contributed by atoms with Crippen LogP contribution in [0.5, 0.6) is 0 Å². The molecular formula is C13H14ClFN4OS. The fourth-order valence-electron chi connectivity index (χ4n) is 1.58. The van der Waals surface area contributed by atoms with Gasteiger partial charge < -0.3 is 9.88 Å². The lowest BCUT2D eigenvalue weighted by atomic mass is 10.3. The van der Waals surface area contributed by atoms with Crippen LogP contribution in [0.1, 0.15) is 13.8 Å². The molecule has 1 atom stereocenters. The van der Waals surface area contributed by atoms with Gasteiger partial charge in [-0.15, -0.1) is 10.2 Å². The van der Waals surface area contributed by atoms with Gasteiger partial charge >= 0.3 is 0 Å². The molecule has 1 aromatic carbocycles. The van der Waals surface area contributed by atoms with E-state index in [1.165, 1.54) is 30.0 Å². The number of rotatable bonds is 5. The summed E-state index contributed by atoms with van der Waals surface area (Å²) in [5.41, 5.74) is 0.454. The van der Waals surface area contributed by atoms with Gasteiger partial charge in [0.05, 0.1) is 10.3 Å². The molecule has 0 bridgehead atoms. The van der Waals surface area contributed by atoms with Gasteiger partial charge in [-0.05, 0) is 32.0 Å². The number of nitrogens with zero attached hydrogens (tertiary/aromatic N) is 3. The number of aromatic nitrogens is 3. The minimum absolute atomic E-state index is 0.0289. The molecule has 1 amide bonds. The monoisotopic (exact) mass is 328 g/mol. The van der Waals surface area contributed by atoms with Crippen molar-refractivity contribution >= 4 is 35.0 Å². The van der Waals surface area contributed by atoms with Crippen LogP contribution in [0.2, 0.25) is 5.02 Å². The number of halogens is 2. The van der Waals surface area contributed by atoms with Crippen molar-refractivity contribution in [3.63, 3.8) is 0 Å². The fourth-order valence-corrected chi connectivity index (χ4v) is 2.65. The van der Waals surface area contributed by atoms with Crippen LogP contribution in [0.4, 0.5) is 10.1 Å². The van der Waals surface area contributed by atoms with E-state index >= 15 is 0 Å². The van der Waals surface area contributed by atoms with Crippen molar-refractivity contribution in [2.45, 2.75) is 30.8 Å². The molecule has 0 aliphatic rings. The average molecular weight is 329 g/mol. The Labute approximate surface area is 130 Å². The van der Waals surface area contributed by atoms with E-state index in [1.54, 1.807) is 13.3 Å². The first kappa shape index (κ1) is 15.8. The summed E-state index contributed by atoms with van der Waals surface area (Å²) in [6.45, 7) is 4.47. The number of benzene rings is 1. The number of amides is 1. The summed E-state index contributed by atoms with van der Waals surface area (Å²) < 4.78 is 14.9. The van der Waals surface area contributed by atoms with E-state index in [-0.39, 0.29) is 16.2 Å². The first-order chi connectivity index (χ1) is 10.0. The van der Waals surface area contributed by atoms with Crippen LogP contribution in [0.3, 0.4) is 0 Å². The van der Waals surface area contributed by atoms with E-state index in [2.05, 4.69) is 15.5 Å². The Morgan fingerprint density at radius 3 is 3.00 bits per heavy atom. The number of hydrogen-bond acceptors (Lipinski definition) is 4. The first-order valence-electron chi connectivity index (χ1n) is 6.31. The number of carbonyl (C=O) groups is 1. The molecule has 1 heterocycles. The van der Waals surface area contributed by atoms with E-state index in [9.17, 15) is 9.18 Å². The number of thioether (sulfide) groups is 1. The second-order valence-corrected chi connectivity index (χ2v) is 5.99. The van der Waals surface area contributed by atoms with Crippen LogP contribution in [-0.2, 0) is 11.3 Å². The van der Waals surface area contributed by atoms with Gasteiger partial charge in [0, 0.05) is 12.2 Å². The van der Waals surface area contributed by atoms with E-state index < -0.39 is 5.82 Å². The molecule has 1 N–H and O–H groups in total. The lowest BCUT2D eigenvalue weighted by Gasteiger charge is -2.12. The molecule has 21 heavy (non-hydrogen) atoms. The van der Waals surface area contributed by atoms with Crippen LogP contribution < -0.4 is 5.32 Å². The van der Waals surface area contributed by atoms with Gasteiger partial charge in [0.15, 0.2) is 5.16 Å². The van der Waals surface area contributed by atoms with Crippen molar-refractivity contribution in [1.29, 1.82) is 0 Å². The van der Waals surface area contributed by atoms with Gasteiger partial charge in [-0.2, -0.15) is 0 Å². The third-order valence-electron chi connectivity index (χ3n) is 2.76. The Kier molecular flexibility index (Phi) is 5.19. The Morgan fingerprint density at radius 2 is 2.33 bits per heavy atom. The minimum atomic E-state index is -0.520. The van der Waals surface area contributed by atoms with E-state index in [0.29, 0.717) is 10.8 Å². The SMILES string of the molecule is CCn1cnnc1S[C@H](C)C(=O)Nc1ccc(F)c(Cl)c1. The largest absolute Gasteiger partial charge is 0.325 e. The van der Waals surface area contributed by atoms with E-state index in [1.807, 2.05) is 11.5 Å². The van der Waals surface area contributed by atoms with Gasteiger partial charge in [0.25, 0.3) is 0 Å². The maximum Gasteiger partial charge on any atom is 0.237 e. The number of nitrogens with one attached hydrogen (secondary N) is 1. The third-order valence-corrected chi connectivity index (χ3v) is 4.14. The maximum absolute atomic E-state index is 13.1. The van der Waals surface area contributed by atoms with Crippen molar-refractivity contribution in [3.8, 4) is 0 Å². The number of aryl methyl sites for hydroxylation is 1. The molecule has 0 fully saturated rings. The molecule has 0 aliphatic carbocycles. The molecule has 5 nitrogen and oxygen atoms in total. The Morgan fingerprint density at radius 1 is 1.57 bits per heavy atom. The molecule has 2 aromatic rings. The van der Waals surface area contributed by atoms with Crippen molar-refractivity contribution < 1.29 is 9.18 Å². The smallest absolute Gasteiger partial charge is 0.237 e. The summed E-state index contributed by atoms with van der Waals surface area (Å²) in [6, 6.07) is 4.05. The second kappa shape index (κ2) is 6.91. The predicted molar refractivity (Wildman–Crippen MR) is 81.1 cm³/mol. The van der Waals surface area contributed by atoms with Crippen LogP contribution in [0.25, 0.3) is 0 Å². The van der Waals surface area contributed by atoms with Crippen LogP contribution in [0.15, 0.2) is 29.7 Å². The molecule has 0 unspecified atom stereocenters. The molecule has 1 aromatic heterocycles. The lowest BCUT2D eigenvalue weighted by Crippen LogP contribution is -2.22. The van der Waals surface area contributed by atoms with E-state index in [0.717, 1.165) is 6.54 Å². The highest BCUT2D eigenvalue weighted by Crippen LogP contribution is 2.23. The molecule has 0 saturated heterocycles. The molecular weight excluding hydrogens is 315 g/mol. The molecule has 8 heteroatoms. The molecule has 2 rings (SSSR count). The van der Waals surface area contributed by atoms with Gasteiger partial charge in [-0.1, -0.05) is 23.4 Å². The number of carbonyl (C=O) groups excluding carboxylic acids is 1. The minimum Gasteiger partial charge on any atom is -0.325 e. The van der Waals surface area contributed by atoms with E-state index in [4.69, 9.17) is 11.6 Å². The normalized spacial score (nSPS) is 12.2. The zero-order chi connectivity index (χ0) is 15.4. The van der Waals surface area contributed by atoms with Gasteiger partial charge in [0.1, 0.15) is 12.1 Å². The molecule has 112 valence electrons. The molecule has 0 saturated carbocycles. The lowest BCUT2D eigenvalue weighted by molar-refractivity contribution is -0.115. The fraction of sp³-hybridized carbons (Fsp3) is 0.308. The molecule has 0 radical (unpaired) electrons. The Bertz CT molecular complexity index is 649. The van der Waals surface area contributed by atoms with Gasteiger partial charge in [0.2, 0.25) is 5.91 Å². The zero-order valence-corrected chi connectivity index (χ0v) is 13.1. The van der Waals surface area contributed by atoms with Crippen molar-refractivity contribution in [2.24, 2.45) is 0 Å². The highest BCUT2D eigenvalue weighted by Gasteiger charge is 2.18. The first-order valence-corrected chi connectivity index (χ1v) is 7.57. The predicted octanol–water partition coefficient (Wildman–Crippen LogP) is 3.21. The summed E-state index contributed by atoms with van der Waals surface area (Å²) in [4.78, 5) is 12.1. The average Bonchev–Trinajstić information content (AvgIpc) is 2.90. The molecule has 0 spiro atoms.